The van der Waals surface area contributed by atoms with Crippen molar-refractivity contribution in [2.24, 2.45) is 5.41 Å². The lowest BCUT2D eigenvalue weighted by molar-refractivity contribution is -0.172. The zero-order valence-corrected chi connectivity index (χ0v) is 28.2. The van der Waals surface area contributed by atoms with Crippen LogP contribution >= 0.6 is 0 Å². The molecule has 0 unspecified atom stereocenters. The summed E-state index contributed by atoms with van der Waals surface area (Å²) in [5, 5.41) is 0. The number of rotatable bonds is 11. The Kier molecular flexibility index (Phi) is 10.1. The van der Waals surface area contributed by atoms with E-state index >= 15 is 0 Å². The number of methoxy groups -OCH3 is 2. The number of likely N-dealkylation sites (N-methyl/N-ethyl adjacent to an activating group) is 1. The Hall–Kier alpha value is -4.04. The fourth-order valence-electron chi connectivity index (χ4n) is 5.49. The van der Waals surface area contributed by atoms with Crippen LogP contribution in [0.2, 0.25) is 0 Å². The van der Waals surface area contributed by atoms with Gasteiger partial charge in [0.25, 0.3) is 0 Å². The predicted molar refractivity (Wildman–Crippen MR) is 171 cm³/mol. The Morgan fingerprint density at radius 1 is 0.717 bits per heavy atom. The van der Waals surface area contributed by atoms with Gasteiger partial charge in [-0.2, -0.15) is 8.61 Å². The van der Waals surface area contributed by atoms with E-state index in [1.54, 1.807) is 54.6 Å². The number of carbonyl (C=O) groups excluding carboxylic acids is 2. The molecule has 0 N–H and O–H groups in total. The van der Waals surface area contributed by atoms with Crippen molar-refractivity contribution in [1.29, 1.82) is 0 Å². The van der Waals surface area contributed by atoms with Crippen LogP contribution in [0.5, 0.6) is 0 Å². The normalized spacial score (nSPS) is 20.1. The number of esters is 2. The van der Waals surface area contributed by atoms with E-state index in [0.29, 0.717) is 5.56 Å². The molecule has 1 aliphatic rings. The molecule has 11 nitrogen and oxygen atoms in total. The lowest BCUT2D eigenvalue weighted by Crippen LogP contribution is -2.59. The summed E-state index contributed by atoms with van der Waals surface area (Å²) in [5.41, 5.74) is -1.76. The molecule has 0 radical (unpaired) electrons. The van der Waals surface area contributed by atoms with E-state index in [2.05, 4.69) is 0 Å². The number of sulfonamides is 2. The van der Waals surface area contributed by atoms with Crippen LogP contribution in [0.4, 0.5) is 0 Å². The molecule has 0 bridgehead atoms. The quantitative estimate of drug-likeness (QED) is 0.279. The molecule has 1 heterocycles. The second-order valence-electron chi connectivity index (χ2n) is 11.4. The van der Waals surface area contributed by atoms with Gasteiger partial charge in [-0.1, -0.05) is 65.7 Å². The highest BCUT2D eigenvalue weighted by atomic mass is 32.2. The fourth-order valence-corrected chi connectivity index (χ4v) is 7.95. The SMILES string of the molecule is COC(=O)[C@]1(CN(C)S(=O)(=O)c2ccc(C)cc2)C=C(c2ccccc2)O[C@@](CN(C)S(=O)(=O)c2ccc(C)cc2)(C(=O)OC)C1. The number of benzene rings is 3. The summed E-state index contributed by atoms with van der Waals surface area (Å²) in [7, 11) is -3.42. The number of hydrogen-bond donors (Lipinski definition) is 0. The summed E-state index contributed by atoms with van der Waals surface area (Å²) in [4.78, 5) is 27.6. The first-order valence-electron chi connectivity index (χ1n) is 14.3. The third-order valence-corrected chi connectivity index (χ3v) is 11.6. The molecule has 46 heavy (non-hydrogen) atoms. The average Bonchev–Trinajstić information content (AvgIpc) is 3.04. The molecule has 3 aromatic rings. The van der Waals surface area contributed by atoms with E-state index in [1.807, 2.05) is 13.8 Å². The first kappa shape index (κ1) is 34.8. The van der Waals surface area contributed by atoms with Crippen LogP contribution in [-0.4, -0.2) is 84.4 Å². The molecule has 0 saturated heterocycles. The first-order valence-corrected chi connectivity index (χ1v) is 17.2. The molecule has 4 rings (SSSR count). The molecule has 0 aromatic heterocycles. The van der Waals surface area contributed by atoms with E-state index in [9.17, 15) is 26.4 Å². The molecule has 2 atom stereocenters. The Balaban J connectivity index is 1.88. The highest BCUT2D eigenvalue weighted by Gasteiger charge is 2.58. The van der Waals surface area contributed by atoms with Crippen LogP contribution in [0, 0.1) is 19.3 Å². The lowest BCUT2D eigenvalue weighted by atomic mass is 9.73. The van der Waals surface area contributed by atoms with E-state index in [-0.39, 0.29) is 15.6 Å². The second-order valence-corrected chi connectivity index (χ2v) is 15.5. The van der Waals surface area contributed by atoms with Crippen molar-refractivity contribution in [2.75, 3.05) is 41.4 Å². The Bertz CT molecular complexity index is 1830. The van der Waals surface area contributed by atoms with Crippen molar-refractivity contribution in [3.05, 3.63) is 102 Å². The molecule has 0 spiro atoms. The van der Waals surface area contributed by atoms with Crippen LogP contribution in [0.25, 0.3) is 5.76 Å². The second kappa shape index (κ2) is 13.4. The summed E-state index contributed by atoms with van der Waals surface area (Å²) < 4.78 is 73.5. The zero-order chi connectivity index (χ0) is 33.9. The van der Waals surface area contributed by atoms with Crippen molar-refractivity contribution in [2.45, 2.75) is 35.7 Å². The molecular formula is C33H38N2O9S2. The molecule has 13 heteroatoms. The van der Waals surface area contributed by atoms with Gasteiger partial charge in [-0.05, 0) is 44.2 Å². The summed E-state index contributed by atoms with van der Waals surface area (Å²) in [6.07, 6.45) is 0.933. The van der Waals surface area contributed by atoms with Crippen LogP contribution in [0.3, 0.4) is 0 Å². The van der Waals surface area contributed by atoms with Gasteiger partial charge in [-0.15, -0.1) is 0 Å². The Morgan fingerprint density at radius 3 is 1.63 bits per heavy atom. The molecule has 1 aliphatic heterocycles. The summed E-state index contributed by atoms with van der Waals surface area (Å²) in [6.45, 7) is 2.60. The van der Waals surface area contributed by atoms with Crippen LogP contribution in [-0.2, 0) is 43.8 Å². The molecule has 0 aliphatic carbocycles. The van der Waals surface area contributed by atoms with E-state index in [1.165, 1.54) is 44.4 Å². The molecule has 0 fully saturated rings. The molecule has 0 amide bonds. The number of carbonyl (C=O) groups is 2. The largest absolute Gasteiger partial charge is 0.474 e. The molecular weight excluding hydrogens is 633 g/mol. The average molecular weight is 671 g/mol. The monoisotopic (exact) mass is 670 g/mol. The van der Waals surface area contributed by atoms with Crippen molar-refractivity contribution in [1.82, 2.24) is 8.61 Å². The van der Waals surface area contributed by atoms with Gasteiger partial charge in [0, 0.05) is 32.6 Å². The van der Waals surface area contributed by atoms with Crippen LogP contribution in [0.15, 0.2) is 94.7 Å². The van der Waals surface area contributed by atoms with Gasteiger partial charge in [0.15, 0.2) is 0 Å². The van der Waals surface area contributed by atoms with Gasteiger partial charge in [-0.25, -0.2) is 21.6 Å². The van der Waals surface area contributed by atoms with E-state index in [0.717, 1.165) is 34.0 Å². The molecule has 3 aromatic carbocycles. The number of aryl methyl sites for hydroxylation is 2. The minimum Gasteiger partial charge on any atom is -0.474 e. The maximum Gasteiger partial charge on any atom is 0.351 e. The fraction of sp³-hybridized carbons (Fsp3) is 0.333. The number of nitrogens with zero attached hydrogens (tertiary/aromatic N) is 2. The maximum atomic E-state index is 13.8. The highest BCUT2D eigenvalue weighted by molar-refractivity contribution is 7.89. The highest BCUT2D eigenvalue weighted by Crippen LogP contribution is 2.46. The van der Waals surface area contributed by atoms with Crippen LogP contribution < -0.4 is 0 Å². The minimum absolute atomic E-state index is 0.00286. The van der Waals surface area contributed by atoms with Crippen molar-refractivity contribution in [3.63, 3.8) is 0 Å². The minimum atomic E-state index is -4.16. The first-order chi connectivity index (χ1) is 21.6. The van der Waals surface area contributed by atoms with Crippen molar-refractivity contribution in [3.8, 4) is 0 Å². The topological polar surface area (TPSA) is 137 Å². The van der Waals surface area contributed by atoms with Gasteiger partial charge in [0.2, 0.25) is 25.6 Å². The van der Waals surface area contributed by atoms with Gasteiger partial charge in [-0.3, -0.25) is 4.79 Å². The van der Waals surface area contributed by atoms with Gasteiger partial charge in [0.1, 0.15) is 11.2 Å². The molecule has 0 saturated carbocycles. The number of hydrogen-bond acceptors (Lipinski definition) is 9. The van der Waals surface area contributed by atoms with Crippen molar-refractivity contribution < 1.29 is 40.6 Å². The van der Waals surface area contributed by atoms with Crippen LogP contribution in [0.1, 0.15) is 23.1 Å². The smallest absolute Gasteiger partial charge is 0.351 e. The predicted octanol–water partition coefficient (Wildman–Crippen LogP) is 3.78. The number of ether oxygens (including phenoxy) is 3. The van der Waals surface area contributed by atoms with E-state index in [4.69, 9.17) is 14.2 Å². The summed E-state index contributed by atoms with van der Waals surface area (Å²) >= 11 is 0. The third kappa shape index (κ3) is 6.87. The third-order valence-electron chi connectivity index (χ3n) is 7.96. The van der Waals surface area contributed by atoms with Gasteiger partial charge >= 0.3 is 11.9 Å². The molecule has 246 valence electrons. The summed E-state index contributed by atoms with van der Waals surface area (Å²) in [6, 6.07) is 21.0. The maximum absolute atomic E-state index is 13.8. The Morgan fingerprint density at radius 2 is 1.17 bits per heavy atom. The van der Waals surface area contributed by atoms with Gasteiger partial charge < -0.3 is 14.2 Å². The zero-order valence-electron chi connectivity index (χ0n) is 26.6. The Labute approximate surface area is 270 Å². The lowest BCUT2D eigenvalue weighted by Gasteiger charge is -2.45. The summed E-state index contributed by atoms with van der Waals surface area (Å²) in [5.74, 6) is -1.77. The van der Waals surface area contributed by atoms with Crippen molar-refractivity contribution >= 4 is 37.7 Å². The standard InChI is InChI=1S/C33H38N2O9S2/c1-24-12-16-27(17-13-24)45(38,39)34(3)22-32(30(36)42-5)20-29(26-10-8-7-9-11-26)44-33(21-32,31(37)43-6)23-35(4)46(40,41)28-18-14-25(2)15-19-28/h7-20H,21-23H2,1-6H3/t32-,33+/m1/s1. The van der Waals surface area contributed by atoms with E-state index < -0.39 is 62.5 Å². The van der Waals surface area contributed by atoms with Gasteiger partial charge in [0.05, 0.1) is 30.6 Å².